The van der Waals surface area contributed by atoms with Gasteiger partial charge in [0.1, 0.15) is 0 Å². The molecule has 5 aromatic rings. The number of carboxylic acids is 1. The number of carboxylic acid groups (broad SMARTS) is 1. The normalized spacial score (nSPS) is 11.8. The molecule has 1 heterocycles. The molecule has 8 heteroatoms. The highest BCUT2D eigenvalue weighted by atomic mass is 16.6. The standard InChI is InChI=1S/C32H27N3O5/c1-20-18-34(19-22-7-9-24(10-8-22)27-5-3-4-6-28(27)32(37)38)30-16-13-25(17-29(20)30)31(36)33-21(2)23-11-14-26(15-12-23)35(39)40/h3-18,21H,19H2,1-2H3,(H,33,36)(H,37,38)/t21-/m0/s1. The summed E-state index contributed by atoms with van der Waals surface area (Å²) < 4.78 is 2.13. The number of aromatic carboxylic acids is 1. The minimum absolute atomic E-state index is 0.00665. The van der Waals surface area contributed by atoms with Gasteiger partial charge >= 0.3 is 5.97 Å². The number of non-ortho nitro benzene ring substituents is 1. The van der Waals surface area contributed by atoms with Crippen LogP contribution in [0.5, 0.6) is 0 Å². The molecule has 0 spiro atoms. The molecule has 8 nitrogen and oxygen atoms in total. The molecule has 0 saturated carbocycles. The summed E-state index contributed by atoms with van der Waals surface area (Å²) >= 11 is 0. The maximum atomic E-state index is 13.0. The quantitative estimate of drug-likeness (QED) is 0.169. The van der Waals surface area contributed by atoms with Crippen molar-refractivity contribution in [1.29, 1.82) is 0 Å². The third kappa shape index (κ3) is 5.33. The lowest BCUT2D eigenvalue weighted by Gasteiger charge is -2.14. The van der Waals surface area contributed by atoms with Crippen molar-refractivity contribution in [3.8, 4) is 11.1 Å². The van der Waals surface area contributed by atoms with Crippen molar-refractivity contribution in [2.24, 2.45) is 0 Å². The van der Waals surface area contributed by atoms with Crippen LogP contribution in [0.3, 0.4) is 0 Å². The number of nitrogens with one attached hydrogen (secondary N) is 1. The van der Waals surface area contributed by atoms with Crippen LogP contribution in [0.1, 0.15) is 50.4 Å². The molecule has 40 heavy (non-hydrogen) atoms. The van der Waals surface area contributed by atoms with Crippen LogP contribution in [0.15, 0.2) is 97.2 Å². The molecular formula is C32H27N3O5. The first kappa shape index (κ1) is 26.4. The van der Waals surface area contributed by atoms with E-state index in [4.69, 9.17) is 0 Å². The number of amides is 1. The number of aryl methyl sites for hydroxylation is 1. The van der Waals surface area contributed by atoms with Gasteiger partial charge in [0.2, 0.25) is 0 Å². The number of hydrogen-bond donors (Lipinski definition) is 2. The van der Waals surface area contributed by atoms with Gasteiger partial charge in [-0.05, 0) is 65.9 Å². The number of nitrogens with zero attached hydrogens (tertiary/aromatic N) is 2. The Morgan fingerprint density at radius 3 is 2.35 bits per heavy atom. The molecule has 4 aromatic carbocycles. The number of benzene rings is 4. The summed E-state index contributed by atoms with van der Waals surface area (Å²) in [5.41, 5.74) is 6.20. The molecule has 0 unspecified atom stereocenters. The molecule has 0 fully saturated rings. The molecule has 2 N–H and O–H groups in total. The van der Waals surface area contributed by atoms with Gasteiger partial charge in [-0.15, -0.1) is 0 Å². The predicted octanol–water partition coefficient (Wildman–Crippen LogP) is 6.76. The van der Waals surface area contributed by atoms with Gasteiger partial charge in [0.15, 0.2) is 0 Å². The maximum absolute atomic E-state index is 13.0. The number of carbonyl (C=O) groups is 2. The van der Waals surface area contributed by atoms with Crippen molar-refractivity contribution >= 4 is 28.5 Å². The molecule has 0 saturated heterocycles. The summed E-state index contributed by atoms with van der Waals surface area (Å²) in [4.78, 5) is 35.1. The van der Waals surface area contributed by atoms with Gasteiger partial charge in [0, 0.05) is 41.3 Å². The van der Waals surface area contributed by atoms with Crippen molar-refractivity contribution < 1.29 is 19.6 Å². The van der Waals surface area contributed by atoms with E-state index in [1.54, 1.807) is 30.3 Å². The summed E-state index contributed by atoms with van der Waals surface area (Å²) in [7, 11) is 0. The number of hydrogen-bond acceptors (Lipinski definition) is 4. The van der Waals surface area contributed by atoms with Crippen molar-refractivity contribution in [2.45, 2.75) is 26.4 Å². The van der Waals surface area contributed by atoms with E-state index in [1.807, 2.05) is 62.4 Å². The molecule has 5 rings (SSSR count). The number of nitro groups is 1. The second-order valence-corrected chi connectivity index (χ2v) is 9.76. The van der Waals surface area contributed by atoms with Crippen molar-refractivity contribution in [2.75, 3.05) is 0 Å². The van der Waals surface area contributed by atoms with Crippen LogP contribution in [0.2, 0.25) is 0 Å². The molecule has 1 atom stereocenters. The first-order valence-corrected chi connectivity index (χ1v) is 12.8. The number of rotatable bonds is 8. The van der Waals surface area contributed by atoms with Crippen LogP contribution in [-0.2, 0) is 6.54 Å². The highest BCUT2D eigenvalue weighted by molar-refractivity contribution is 5.99. The Labute approximate surface area is 230 Å². The van der Waals surface area contributed by atoms with Crippen molar-refractivity contribution in [3.63, 3.8) is 0 Å². The summed E-state index contributed by atoms with van der Waals surface area (Å²) in [5.74, 6) is -1.18. The molecule has 0 aliphatic rings. The zero-order valence-corrected chi connectivity index (χ0v) is 22.0. The Hall–Kier alpha value is -5.24. The lowest BCUT2D eigenvalue weighted by Crippen LogP contribution is -2.26. The van der Waals surface area contributed by atoms with Crippen LogP contribution in [-0.4, -0.2) is 26.5 Å². The van der Waals surface area contributed by atoms with Crippen LogP contribution in [0.25, 0.3) is 22.0 Å². The third-order valence-electron chi connectivity index (χ3n) is 7.07. The highest BCUT2D eigenvalue weighted by Gasteiger charge is 2.16. The monoisotopic (exact) mass is 533 g/mol. The van der Waals surface area contributed by atoms with E-state index in [0.717, 1.165) is 33.2 Å². The molecule has 0 aliphatic heterocycles. The molecule has 0 radical (unpaired) electrons. The van der Waals surface area contributed by atoms with Crippen molar-refractivity contribution in [3.05, 3.63) is 135 Å². The summed E-state index contributed by atoms with van der Waals surface area (Å²) in [6.07, 6.45) is 2.06. The van der Waals surface area contributed by atoms with Crippen LogP contribution in [0, 0.1) is 17.0 Å². The molecule has 0 aliphatic carbocycles. The minimum Gasteiger partial charge on any atom is -0.478 e. The minimum atomic E-state index is -0.956. The summed E-state index contributed by atoms with van der Waals surface area (Å²) in [6.45, 7) is 4.46. The molecular weight excluding hydrogens is 506 g/mol. The van der Waals surface area contributed by atoms with Gasteiger partial charge in [-0.25, -0.2) is 4.79 Å². The zero-order valence-electron chi connectivity index (χ0n) is 22.0. The fourth-order valence-corrected chi connectivity index (χ4v) is 4.90. The third-order valence-corrected chi connectivity index (χ3v) is 7.07. The van der Waals surface area contributed by atoms with Gasteiger partial charge < -0.3 is 15.0 Å². The van der Waals surface area contributed by atoms with Crippen molar-refractivity contribution in [1.82, 2.24) is 9.88 Å². The number of aromatic nitrogens is 1. The molecule has 1 amide bonds. The van der Waals surface area contributed by atoms with Crippen LogP contribution < -0.4 is 5.32 Å². The van der Waals surface area contributed by atoms with Crippen LogP contribution in [0.4, 0.5) is 5.69 Å². The Morgan fingerprint density at radius 2 is 1.68 bits per heavy atom. The van der Waals surface area contributed by atoms with E-state index in [-0.39, 0.29) is 23.2 Å². The summed E-state index contributed by atoms with van der Waals surface area (Å²) in [5, 5.41) is 24.3. The lowest BCUT2D eigenvalue weighted by atomic mass is 9.99. The fourth-order valence-electron chi connectivity index (χ4n) is 4.90. The highest BCUT2D eigenvalue weighted by Crippen LogP contribution is 2.27. The average Bonchev–Trinajstić information content (AvgIpc) is 3.27. The second-order valence-electron chi connectivity index (χ2n) is 9.76. The zero-order chi connectivity index (χ0) is 28.4. The SMILES string of the molecule is Cc1cn(Cc2ccc(-c3ccccc3C(=O)O)cc2)c2ccc(C(=O)N[C@@H](C)c3ccc([N+](=O)[O-])cc3)cc12. The van der Waals surface area contributed by atoms with E-state index in [0.29, 0.717) is 17.7 Å². The van der Waals surface area contributed by atoms with Crippen LogP contribution >= 0.6 is 0 Å². The first-order valence-electron chi connectivity index (χ1n) is 12.8. The predicted molar refractivity (Wildman–Crippen MR) is 154 cm³/mol. The largest absolute Gasteiger partial charge is 0.478 e. The number of carbonyl (C=O) groups excluding carboxylic acids is 1. The van der Waals surface area contributed by atoms with E-state index in [1.165, 1.54) is 12.1 Å². The van der Waals surface area contributed by atoms with E-state index in [2.05, 4.69) is 16.1 Å². The Bertz CT molecular complexity index is 1740. The topological polar surface area (TPSA) is 114 Å². The lowest BCUT2D eigenvalue weighted by molar-refractivity contribution is -0.384. The van der Waals surface area contributed by atoms with Gasteiger partial charge in [0.05, 0.1) is 16.5 Å². The Morgan fingerprint density at radius 1 is 0.975 bits per heavy atom. The van der Waals surface area contributed by atoms with Gasteiger partial charge in [-0.2, -0.15) is 0 Å². The smallest absolute Gasteiger partial charge is 0.336 e. The van der Waals surface area contributed by atoms with Gasteiger partial charge in [-0.1, -0.05) is 54.6 Å². The number of fused-ring (bicyclic) bond motifs is 1. The molecule has 200 valence electrons. The van der Waals surface area contributed by atoms with Gasteiger partial charge in [-0.3, -0.25) is 14.9 Å². The van der Waals surface area contributed by atoms with Gasteiger partial charge in [0.25, 0.3) is 11.6 Å². The Balaban J connectivity index is 1.32. The van der Waals surface area contributed by atoms with E-state index >= 15 is 0 Å². The molecule has 1 aromatic heterocycles. The summed E-state index contributed by atoms with van der Waals surface area (Å²) in [6, 6.07) is 26.3. The first-order chi connectivity index (χ1) is 19.2. The maximum Gasteiger partial charge on any atom is 0.336 e. The number of nitro benzene ring substituents is 1. The molecule has 0 bridgehead atoms. The average molecular weight is 534 g/mol. The van der Waals surface area contributed by atoms with E-state index < -0.39 is 10.9 Å². The Kier molecular flexibility index (Phi) is 7.16. The second kappa shape index (κ2) is 10.9. The fraction of sp³-hybridized carbons (Fsp3) is 0.125. The van der Waals surface area contributed by atoms with E-state index in [9.17, 15) is 24.8 Å².